The second-order valence-corrected chi connectivity index (χ2v) is 5.74. The molecule has 1 aromatic carbocycles. The second-order valence-electron chi connectivity index (χ2n) is 5.74. The number of rotatable bonds is 6. The van der Waals surface area contributed by atoms with Gasteiger partial charge in [0.1, 0.15) is 0 Å². The lowest BCUT2D eigenvalue weighted by atomic mass is 10.1. The average Bonchev–Trinajstić information content (AvgIpc) is 2.98. The molecule has 24 heavy (non-hydrogen) atoms. The fraction of sp³-hybridized carbons (Fsp3) is 0.400. The molecule has 0 spiro atoms. The number of tetrazole rings is 1. The first-order chi connectivity index (χ1) is 11.4. The van der Waals surface area contributed by atoms with Crippen LogP contribution >= 0.6 is 0 Å². The van der Waals surface area contributed by atoms with E-state index in [1.807, 2.05) is 19.9 Å². The van der Waals surface area contributed by atoms with E-state index in [4.69, 9.17) is 5.73 Å². The summed E-state index contributed by atoms with van der Waals surface area (Å²) in [4.78, 5) is 23.7. The van der Waals surface area contributed by atoms with Crippen LogP contribution in [0.25, 0.3) is 11.4 Å². The molecule has 2 aromatic rings. The summed E-state index contributed by atoms with van der Waals surface area (Å²) in [6, 6.07) is 6.49. The van der Waals surface area contributed by atoms with Crippen LogP contribution in [0.1, 0.15) is 13.8 Å². The van der Waals surface area contributed by atoms with Crippen LogP contribution in [-0.4, -0.2) is 44.6 Å². The number of aromatic nitrogens is 4. The van der Waals surface area contributed by atoms with Crippen LogP contribution in [0, 0.1) is 5.92 Å². The zero-order valence-electron chi connectivity index (χ0n) is 13.9. The molecule has 128 valence electrons. The molecule has 0 bridgehead atoms. The van der Waals surface area contributed by atoms with Gasteiger partial charge in [0.15, 0.2) is 5.82 Å². The Labute approximate surface area is 139 Å². The molecular weight excluding hydrogens is 310 g/mol. The first-order valence-corrected chi connectivity index (χ1v) is 7.54. The van der Waals surface area contributed by atoms with E-state index >= 15 is 0 Å². The second kappa shape index (κ2) is 7.64. The maximum atomic E-state index is 12.0. The van der Waals surface area contributed by atoms with Gasteiger partial charge in [-0.25, -0.2) is 4.68 Å². The lowest BCUT2D eigenvalue weighted by Gasteiger charge is -2.15. The van der Waals surface area contributed by atoms with E-state index in [9.17, 15) is 9.59 Å². The topological polar surface area (TPSA) is 128 Å². The molecule has 0 saturated heterocycles. The number of hydrogen-bond donors (Lipinski definition) is 3. The van der Waals surface area contributed by atoms with Gasteiger partial charge in [-0.15, -0.1) is 5.10 Å². The molecular formula is C15H21N7O2. The number of carbonyl (C=O) groups excluding carboxylic acids is 2. The maximum absolute atomic E-state index is 12.0. The summed E-state index contributed by atoms with van der Waals surface area (Å²) in [5, 5.41) is 16.5. The van der Waals surface area contributed by atoms with Crippen molar-refractivity contribution in [1.29, 1.82) is 0 Å². The highest BCUT2D eigenvalue weighted by atomic mass is 16.2. The molecule has 0 unspecified atom stereocenters. The van der Waals surface area contributed by atoms with Crippen molar-refractivity contribution in [1.82, 2.24) is 25.5 Å². The summed E-state index contributed by atoms with van der Waals surface area (Å²) in [6.45, 7) is 3.54. The van der Waals surface area contributed by atoms with E-state index < -0.39 is 6.04 Å². The summed E-state index contributed by atoms with van der Waals surface area (Å²) in [7, 11) is 1.73. The lowest BCUT2D eigenvalue weighted by molar-refractivity contribution is -0.125. The third kappa shape index (κ3) is 4.35. The van der Waals surface area contributed by atoms with Gasteiger partial charge in [0, 0.05) is 18.3 Å². The van der Waals surface area contributed by atoms with Crippen molar-refractivity contribution in [2.75, 3.05) is 11.9 Å². The van der Waals surface area contributed by atoms with E-state index in [1.165, 1.54) is 4.68 Å². The van der Waals surface area contributed by atoms with Crippen molar-refractivity contribution in [2.24, 2.45) is 18.7 Å². The van der Waals surface area contributed by atoms with E-state index in [0.29, 0.717) is 11.5 Å². The average molecular weight is 331 g/mol. The summed E-state index contributed by atoms with van der Waals surface area (Å²) in [5.41, 5.74) is 7.08. The Bertz CT molecular complexity index is 726. The van der Waals surface area contributed by atoms with Gasteiger partial charge in [-0.3, -0.25) is 9.59 Å². The number of nitrogens with one attached hydrogen (secondary N) is 2. The highest BCUT2D eigenvalue weighted by molar-refractivity contribution is 5.95. The Kier molecular flexibility index (Phi) is 5.59. The minimum atomic E-state index is -0.635. The van der Waals surface area contributed by atoms with Gasteiger partial charge in [0.05, 0.1) is 12.6 Å². The highest BCUT2D eigenvalue weighted by Gasteiger charge is 2.17. The van der Waals surface area contributed by atoms with Crippen molar-refractivity contribution >= 4 is 17.5 Å². The third-order valence-electron chi connectivity index (χ3n) is 3.47. The summed E-state index contributed by atoms with van der Waals surface area (Å²) < 4.78 is 1.54. The molecule has 2 amide bonds. The van der Waals surface area contributed by atoms with Gasteiger partial charge >= 0.3 is 0 Å². The summed E-state index contributed by atoms with van der Waals surface area (Å²) >= 11 is 0. The van der Waals surface area contributed by atoms with Crippen LogP contribution in [0.4, 0.5) is 5.69 Å². The molecule has 0 radical (unpaired) electrons. The Hall–Kier alpha value is -2.81. The quantitative estimate of drug-likeness (QED) is 0.679. The van der Waals surface area contributed by atoms with Gasteiger partial charge in [-0.2, -0.15) is 0 Å². The van der Waals surface area contributed by atoms with Crippen molar-refractivity contribution < 1.29 is 9.59 Å². The molecule has 0 aliphatic heterocycles. The predicted molar refractivity (Wildman–Crippen MR) is 88.7 cm³/mol. The highest BCUT2D eigenvalue weighted by Crippen LogP contribution is 2.19. The first kappa shape index (κ1) is 17.5. The van der Waals surface area contributed by atoms with Gasteiger partial charge in [-0.05, 0) is 28.5 Å². The lowest BCUT2D eigenvalue weighted by Crippen LogP contribution is -2.46. The molecule has 0 fully saturated rings. The first-order valence-electron chi connectivity index (χ1n) is 7.54. The smallest absolute Gasteiger partial charge is 0.243 e. The molecule has 2 rings (SSSR count). The van der Waals surface area contributed by atoms with E-state index in [0.717, 1.165) is 5.56 Å². The largest absolute Gasteiger partial charge is 0.346 e. The van der Waals surface area contributed by atoms with Crippen LogP contribution in [0.15, 0.2) is 24.3 Å². The molecule has 0 saturated carbocycles. The fourth-order valence-corrected chi connectivity index (χ4v) is 2.00. The third-order valence-corrected chi connectivity index (χ3v) is 3.47. The number of hydrogen-bond acceptors (Lipinski definition) is 6. The molecule has 4 N–H and O–H groups in total. The van der Waals surface area contributed by atoms with Crippen molar-refractivity contribution in [2.45, 2.75) is 19.9 Å². The number of nitrogens with two attached hydrogens (primary N) is 1. The molecule has 1 atom stereocenters. The van der Waals surface area contributed by atoms with Crippen LogP contribution in [0.2, 0.25) is 0 Å². The van der Waals surface area contributed by atoms with Gasteiger partial charge in [-0.1, -0.05) is 26.0 Å². The molecule has 1 heterocycles. The summed E-state index contributed by atoms with van der Waals surface area (Å²) in [5.74, 6) is -0.0985. The van der Waals surface area contributed by atoms with E-state index in [2.05, 4.69) is 26.2 Å². The van der Waals surface area contributed by atoms with Crippen molar-refractivity contribution in [3.63, 3.8) is 0 Å². The molecule has 9 nitrogen and oxygen atoms in total. The Balaban J connectivity index is 1.95. The number of carbonyl (C=O) groups is 2. The Morgan fingerprint density at radius 3 is 2.71 bits per heavy atom. The predicted octanol–water partition coefficient (Wildman–Crippen LogP) is -0.0849. The number of nitrogens with zero attached hydrogens (tertiary/aromatic N) is 4. The minimum Gasteiger partial charge on any atom is -0.346 e. The van der Waals surface area contributed by atoms with Crippen LogP contribution in [0.5, 0.6) is 0 Å². The molecule has 0 aliphatic carbocycles. The maximum Gasteiger partial charge on any atom is 0.243 e. The minimum absolute atomic E-state index is 0.00440. The Morgan fingerprint density at radius 1 is 1.33 bits per heavy atom. The van der Waals surface area contributed by atoms with Crippen LogP contribution < -0.4 is 16.4 Å². The van der Waals surface area contributed by atoms with Gasteiger partial charge < -0.3 is 16.4 Å². The van der Waals surface area contributed by atoms with Crippen LogP contribution in [-0.2, 0) is 16.6 Å². The molecule has 0 aliphatic rings. The summed E-state index contributed by atoms with van der Waals surface area (Å²) in [6.07, 6.45) is 0. The van der Waals surface area contributed by atoms with Gasteiger partial charge in [0.2, 0.25) is 11.8 Å². The van der Waals surface area contributed by atoms with Gasteiger partial charge in [0.25, 0.3) is 0 Å². The zero-order valence-corrected chi connectivity index (χ0v) is 13.9. The van der Waals surface area contributed by atoms with Crippen LogP contribution in [0.3, 0.4) is 0 Å². The van der Waals surface area contributed by atoms with Crippen molar-refractivity contribution in [3.05, 3.63) is 24.3 Å². The normalized spacial score (nSPS) is 12.0. The van der Waals surface area contributed by atoms with E-state index in [-0.39, 0.29) is 24.3 Å². The van der Waals surface area contributed by atoms with E-state index in [1.54, 1.807) is 25.2 Å². The Morgan fingerprint density at radius 2 is 2.08 bits per heavy atom. The number of amides is 2. The molecule has 9 heteroatoms. The monoisotopic (exact) mass is 331 g/mol. The SMILES string of the molecule is CC(C)[C@H](N)C(=O)NCC(=O)Nc1cccc(-c2nnnn2C)c1. The number of anilines is 1. The number of aryl methyl sites for hydroxylation is 1. The van der Waals surface area contributed by atoms with Crippen molar-refractivity contribution in [3.8, 4) is 11.4 Å². The fourth-order valence-electron chi connectivity index (χ4n) is 2.00. The standard InChI is InChI=1S/C15H21N7O2/c1-9(2)13(16)15(24)17-8-12(23)18-11-6-4-5-10(7-11)14-19-20-21-22(14)3/h4-7,9,13H,8,16H2,1-3H3,(H,17,24)(H,18,23)/t13-/m0/s1. The zero-order chi connectivity index (χ0) is 17.7. The number of benzene rings is 1. The molecule has 1 aromatic heterocycles.